The van der Waals surface area contributed by atoms with E-state index in [2.05, 4.69) is 18.7 Å². The van der Waals surface area contributed by atoms with Crippen molar-refractivity contribution in [1.29, 1.82) is 0 Å². The third-order valence-electron chi connectivity index (χ3n) is 2.81. The Morgan fingerprint density at radius 1 is 1.69 bits per heavy atom. The first-order chi connectivity index (χ1) is 6.20. The Bertz CT molecular complexity index is 182. The van der Waals surface area contributed by atoms with Gasteiger partial charge in [0.15, 0.2) is 0 Å². The maximum absolute atomic E-state index is 11.2. The van der Waals surface area contributed by atoms with Gasteiger partial charge in [-0.15, -0.1) is 0 Å². The average Bonchev–Trinajstić information content (AvgIpc) is 2.02. The van der Waals surface area contributed by atoms with Crippen LogP contribution in [-0.4, -0.2) is 36.6 Å². The summed E-state index contributed by atoms with van der Waals surface area (Å²) in [7, 11) is 1.46. The summed E-state index contributed by atoms with van der Waals surface area (Å²) < 4.78 is 4.73. The average molecular weight is 185 g/mol. The monoisotopic (exact) mass is 185 g/mol. The molecule has 1 rings (SSSR count). The Kier molecular flexibility index (Phi) is 3.72. The molecule has 1 fully saturated rings. The lowest BCUT2D eigenvalue weighted by Crippen LogP contribution is -2.56. The van der Waals surface area contributed by atoms with E-state index in [4.69, 9.17) is 4.74 Å². The maximum Gasteiger partial charge on any atom is 0.323 e. The molecule has 76 valence electrons. The first-order valence-corrected chi connectivity index (χ1v) is 5.04. The van der Waals surface area contributed by atoms with Crippen molar-refractivity contribution in [3.05, 3.63) is 0 Å². The highest BCUT2D eigenvalue weighted by Crippen LogP contribution is 2.23. The summed E-state index contributed by atoms with van der Waals surface area (Å²) in [6.07, 6.45) is 3.29. The van der Waals surface area contributed by atoms with Gasteiger partial charge in [-0.25, -0.2) is 0 Å². The lowest BCUT2D eigenvalue weighted by molar-refractivity contribution is -0.153. The van der Waals surface area contributed by atoms with Crippen molar-refractivity contribution >= 4 is 5.97 Å². The SMILES string of the molecule is CCCC(C)N1CCC1C(=O)OC. The topological polar surface area (TPSA) is 29.5 Å². The van der Waals surface area contributed by atoms with Gasteiger partial charge in [0, 0.05) is 12.6 Å². The van der Waals surface area contributed by atoms with Crippen molar-refractivity contribution in [2.75, 3.05) is 13.7 Å². The molecular weight excluding hydrogens is 166 g/mol. The Balaban J connectivity index is 2.39. The fraction of sp³-hybridized carbons (Fsp3) is 0.900. The van der Waals surface area contributed by atoms with E-state index in [1.807, 2.05) is 0 Å². The quantitative estimate of drug-likeness (QED) is 0.620. The molecule has 13 heavy (non-hydrogen) atoms. The van der Waals surface area contributed by atoms with Gasteiger partial charge in [0.1, 0.15) is 6.04 Å². The molecule has 1 heterocycles. The lowest BCUT2D eigenvalue weighted by Gasteiger charge is -2.43. The molecule has 0 aliphatic carbocycles. The summed E-state index contributed by atoms with van der Waals surface area (Å²) in [5.74, 6) is -0.0748. The van der Waals surface area contributed by atoms with Crippen LogP contribution in [0.15, 0.2) is 0 Å². The number of methoxy groups -OCH3 is 1. The molecule has 3 heteroatoms. The normalized spacial score (nSPS) is 25.0. The number of carbonyl (C=O) groups excluding carboxylic acids is 1. The van der Waals surface area contributed by atoms with E-state index in [9.17, 15) is 4.79 Å². The van der Waals surface area contributed by atoms with Crippen molar-refractivity contribution in [2.45, 2.75) is 45.2 Å². The van der Waals surface area contributed by atoms with Crippen molar-refractivity contribution in [2.24, 2.45) is 0 Å². The molecule has 0 aromatic carbocycles. The van der Waals surface area contributed by atoms with Crippen LogP contribution in [0.25, 0.3) is 0 Å². The second-order valence-electron chi connectivity index (χ2n) is 3.70. The van der Waals surface area contributed by atoms with E-state index in [0.717, 1.165) is 19.4 Å². The van der Waals surface area contributed by atoms with Crippen LogP contribution in [-0.2, 0) is 9.53 Å². The largest absolute Gasteiger partial charge is 0.468 e. The number of nitrogens with zero attached hydrogens (tertiary/aromatic N) is 1. The van der Waals surface area contributed by atoms with E-state index in [1.165, 1.54) is 13.5 Å². The Labute approximate surface area is 80.1 Å². The molecule has 0 N–H and O–H groups in total. The minimum atomic E-state index is -0.0748. The van der Waals surface area contributed by atoms with E-state index in [0.29, 0.717) is 6.04 Å². The molecule has 2 unspecified atom stereocenters. The van der Waals surface area contributed by atoms with Gasteiger partial charge in [0.2, 0.25) is 0 Å². The van der Waals surface area contributed by atoms with Crippen molar-refractivity contribution in [3.63, 3.8) is 0 Å². The van der Waals surface area contributed by atoms with E-state index >= 15 is 0 Å². The molecule has 1 aliphatic rings. The summed E-state index contributed by atoms with van der Waals surface area (Å²) >= 11 is 0. The second-order valence-corrected chi connectivity index (χ2v) is 3.70. The summed E-state index contributed by atoms with van der Waals surface area (Å²) in [5.41, 5.74) is 0. The van der Waals surface area contributed by atoms with Crippen molar-refractivity contribution in [3.8, 4) is 0 Å². The van der Waals surface area contributed by atoms with Crippen LogP contribution in [0, 0.1) is 0 Å². The van der Waals surface area contributed by atoms with Crippen LogP contribution in [0.3, 0.4) is 0 Å². The number of carbonyl (C=O) groups is 1. The van der Waals surface area contributed by atoms with E-state index in [-0.39, 0.29) is 12.0 Å². The molecule has 0 spiro atoms. The number of esters is 1. The zero-order valence-electron chi connectivity index (χ0n) is 8.75. The third-order valence-corrected chi connectivity index (χ3v) is 2.81. The smallest absolute Gasteiger partial charge is 0.323 e. The molecule has 0 bridgehead atoms. The number of hydrogen-bond acceptors (Lipinski definition) is 3. The van der Waals surface area contributed by atoms with Gasteiger partial charge >= 0.3 is 5.97 Å². The van der Waals surface area contributed by atoms with Gasteiger partial charge in [-0.1, -0.05) is 13.3 Å². The highest BCUT2D eigenvalue weighted by atomic mass is 16.5. The minimum absolute atomic E-state index is 0.0338. The second kappa shape index (κ2) is 4.61. The number of hydrogen-bond donors (Lipinski definition) is 0. The molecule has 0 amide bonds. The fourth-order valence-electron chi connectivity index (χ4n) is 1.91. The highest BCUT2D eigenvalue weighted by Gasteiger charge is 2.37. The van der Waals surface area contributed by atoms with Crippen molar-refractivity contribution in [1.82, 2.24) is 4.90 Å². The number of ether oxygens (including phenoxy) is 1. The van der Waals surface area contributed by atoms with Crippen LogP contribution >= 0.6 is 0 Å². The molecule has 1 saturated heterocycles. The predicted molar refractivity (Wildman–Crippen MR) is 51.5 cm³/mol. The molecule has 2 atom stereocenters. The van der Waals surface area contributed by atoms with Crippen LogP contribution in [0.4, 0.5) is 0 Å². The fourth-order valence-corrected chi connectivity index (χ4v) is 1.91. The Morgan fingerprint density at radius 3 is 2.77 bits per heavy atom. The Morgan fingerprint density at radius 2 is 2.38 bits per heavy atom. The molecule has 3 nitrogen and oxygen atoms in total. The first kappa shape index (κ1) is 10.5. The zero-order chi connectivity index (χ0) is 9.84. The predicted octanol–water partition coefficient (Wildman–Crippen LogP) is 1.42. The lowest BCUT2D eigenvalue weighted by atomic mass is 9.98. The molecule has 0 saturated carbocycles. The molecule has 0 radical (unpaired) electrons. The van der Waals surface area contributed by atoms with Crippen molar-refractivity contribution < 1.29 is 9.53 Å². The molecule has 0 aromatic rings. The molecule has 1 aliphatic heterocycles. The number of likely N-dealkylation sites (tertiary alicyclic amines) is 1. The maximum atomic E-state index is 11.2. The van der Waals surface area contributed by atoms with E-state index in [1.54, 1.807) is 0 Å². The van der Waals surface area contributed by atoms with Gasteiger partial charge < -0.3 is 4.74 Å². The first-order valence-electron chi connectivity index (χ1n) is 5.04. The van der Waals surface area contributed by atoms with Gasteiger partial charge in [-0.05, 0) is 19.8 Å². The summed E-state index contributed by atoms with van der Waals surface area (Å²) in [4.78, 5) is 13.5. The standard InChI is InChI=1S/C10H19NO2/c1-4-5-8(2)11-7-6-9(11)10(12)13-3/h8-9H,4-7H2,1-3H3. The van der Waals surface area contributed by atoms with Crippen LogP contribution < -0.4 is 0 Å². The van der Waals surface area contributed by atoms with Gasteiger partial charge in [-0.3, -0.25) is 9.69 Å². The Hall–Kier alpha value is -0.570. The van der Waals surface area contributed by atoms with Crippen LogP contribution in [0.2, 0.25) is 0 Å². The van der Waals surface area contributed by atoms with Gasteiger partial charge in [0.05, 0.1) is 7.11 Å². The van der Waals surface area contributed by atoms with Gasteiger partial charge in [-0.2, -0.15) is 0 Å². The third kappa shape index (κ3) is 2.21. The molecular formula is C10H19NO2. The zero-order valence-corrected chi connectivity index (χ0v) is 8.75. The van der Waals surface area contributed by atoms with Crippen LogP contribution in [0.1, 0.15) is 33.1 Å². The molecule has 0 aromatic heterocycles. The minimum Gasteiger partial charge on any atom is -0.468 e. The summed E-state index contributed by atoms with van der Waals surface area (Å²) in [6.45, 7) is 5.39. The van der Waals surface area contributed by atoms with Gasteiger partial charge in [0.25, 0.3) is 0 Å². The summed E-state index contributed by atoms with van der Waals surface area (Å²) in [6, 6.07) is 0.550. The van der Waals surface area contributed by atoms with E-state index < -0.39 is 0 Å². The van der Waals surface area contributed by atoms with Crippen LogP contribution in [0.5, 0.6) is 0 Å². The number of rotatable bonds is 4. The highest BCUT2D eigenvalue weighted by molar-refractivity contribution is 5.76. The summed E-state index contributed by atoms with van der Waals surface area (Å²) in [5, 5.41) is 0.